The Morgan fingerprint density at radius 3 is 2.38 bits per heavy atom. The summed E-state index contributed by atoms with van der Waals surface area (Å²) in [5.74, 6) is -0.0352. The molecule has 0 saturated heterocycles. The van der Waals surface area contributed by atoms with Gasteiger partial charge < -0.3 is 4.74 Å². The van der Waals surface area contributed by atoms with Crippen LogP contribution in [-0.2, 0) is 9.53 Å². The SMILES string of the molecule is COC(=O)C(NC(C)c1cccc2ccccc12)C(C)C. The highest BCUT2D eigenvalue weighted by Crippen LogP contribution is 2.25. The Labute approximate surface area is 126 Å². The van der Waals surface area contributed by atoms with E-state index in [1.807, 2.05) is 26.0 Å². The number of hydrogen-bond donors (Lipinski definition) is 1. The Hall–Kier alpha value is -1.87. The van der Waals surface area contributed by atoms with Gasteiger partial charge in [0.25, 0.3) is 0 Å². The lowest BCUT2D eigenvalue weighted by molar-refractivity contribution is -0.144. The predicted molar refractivity (Wildman–Crippen MR) is 86.1 cm³/mol. The zero-order chi connectivity index (χ0) is 15.4. The Morgan fingerprint density at radius 2 is 1.71 bits per heavy atom. The molecule has 0 aliphatic rings. The topological polar surface area (TPSA) is 38.3 Å². The Bertz CT molecular complexity index is 616. The fraction of sp³-hybridized carbons (Fsp3) is 0.389. The molecule has 3 nitrogen and oxygen atoms in total. The first-order valence-corrected chi connectivity index (χ1v) is 7.36. The third kappa shape index (κ3) is 3.42. The second kappa shape index (κ2) is 6.72. The van der Waals surface area contributed by atoms with Gasteiger partial charge in [0.2, 0.25) is 0 Å². The summed E-state index contributed by atoms with van der Waals surface area (Å²) in [6.07, 6.45) is 0. The minimum Gasteiger partial charge on any atom is -0.468 e. The van der Waals surface area contributed by atoms with Crippen molar-refractivity contribution < 1.29 is 9.53 Å². The lowest BCUT2D eigenvalue weighted by atomic mass is 9.97. The van der Waals surface area contributed by atoms with E-state index in [9.17, 15) is 4.79 Å². The van der Waals surface area contributed by atoms with Gasteiger partial charge in [0, 0.05) is 6.04 Å². The van der Waals surface area contributed by atoms with Crippen LogP contribution in [0, 0.1) is 5.92 Å². The van der Waals surface area contributed by atoms with Crippen molar-refractivity contribution in [3.8, 4) is 0 Å². The molecule has 0 aliphatic heterocycles. The average molecular weight is 285 g/mol. The summed E-state index contributed by atoms with van der Waals surface area (Å²) in [5.41, 5.74) is 1.20. The van der Waals surface area contributed by atoms with Gasteiger partial charge in [0.1, 0.15) is 6.04 Å². The normalized spacial score (nSPS) is 14.1. The third-order valence-electron chi connectivity index (χ3n) is 3.84. The Balaban J connectivity index is 2.29. The minimum absolute atomic E-state index is 0.0719. The van der Waals surface area contributed by atoms with Crippen molar-refractivity contribution in [1.29, 1.82) is 0 Å². The molecule has 21 heavy (non-hydrogen) atoms. The number of hydrogen-bond acceptors (Lipinski definition) is 3. The van der Waals surface area contributed by atoms with E-state index >= 15 is 0 Å². The van der Waals surface area contributed by atoms with Crippen molar-refractivity contribution in [2.24, 2.45) is 5.92 Å². The molecule has 1 N–H and O–H groups in total. The van der Waals surface area contributed by atoms with Crippen LogP contribution in [0.2, 0.25) is 0 Å². The minimum atomic E-state index is -0.302. The van der Waals surface area contributed by atoms with E-state index in [0.29, 0.717) is 0 Å². The largest absolute Gasteiger partial charge is 0.468 e. The number of carbonyl (C=O) groups excluding carboxylic acids is 1. The molecule has 2 aromatic carbocycles. The molecule has 2 atom stereocenters. The zero-order valence-corrected chi connectivity index (χ0v) is 13.1. The van der Waals surface area contributed by atoms with Crippen LogP contribution in [0.5, 0.6) is 0 Å². The van der Waals surface area contributed by atoms with Gasteiger partial charge in [-0.3, -0.25) is 10.1 Å². The van der Waals surface area contributed by atoms with Crippen molar-refractivity contribution in [2.75, 3.05) is 7.11 Å². The number of benzene rings is 2. The van der Waals surface area contributed by atoms with Crippen LogP contribution in [0.4, 0.5) is 0 Å². The van der Waals surface area contributed by atoms with Crippen LogP contribution in [-0.4, -0.2) is 19.1 Å². The number of fused-ring (bicyclic) bond motifs is 1. The molecule has 0 bridgehead atoms. The first-order chi connectivity index (χ1) is 10.0. The second-order valence-electron chi connectivity index (χ2n) is 5.70. The maximum absolute atomic E-state index is 11.9. The highest BCUT2D eigenvalue weighted by Gasteiger charge is 2.25. The summed E-state index contributed by atoms with van der Waals surface area (Å²) in [7, 11) is 1.43. The monoisotopic (exact) mass is 285 g/mol. The van der Waals surface area contributed by atoms with E-state index in [-0.39, 0.29) is 24.0 Å². The molecule has 0 spiro atoms. The van der Waals surface area contributed by atoms with Crippen LogP contribution < -0.4 is 5.32 Å². The van der Waals surface area contributed by atoms with Gasteiger partial charge in [-0.2, -0.15) is 0 Å². The standard InChI is InChI=1S/C18H23NO2/c1-12(2)17(18(20)21-4)19-13(3)15-11-7-9-14-8-5-6-10-16(14)15/h5-13,17,19H,1-4H3. The maximum atomic E-state index is 11.9. The van der Waals surface area contributed by atoms with Crippen molar-refractivity contribution >= 4 is 16.7 Å². The highest BCUT2D eigenvalue weighted by atomic mass is 16.5. The van der Waals surface area contributed by atoms with Crippen LogP contribution in [0.15, 0.2) is 42.5 Å². The molecule has 2 rings (SSSR count). The van der Waals surface area contributed by atoms with Crippen molar-refractivity contribution in [3.63, 3.8) is 0 Å². The average Bonchev–Trinajstić information content (AvgIpc) is 2.50. The van der Waals surface area contributed by atoms with E-state index in [2.05, 4.69) is 42.6 Å². The van der Waals surface area contributed by atoms with Gasteiger partial charge in [0.15, 0.2) is 0 Å². The molecule has 0 saturated carbocycles. The summed E-state index contributed by atoms with van der Waals surface area (Å²) < 4.78 is 4.90. The molecular weight excluding hydrogens is 262 g/mol. The first-order valence-electron chi connectivity index (χ1n) is 7.36. The van der Waals surface area contributed by atoms with Gasteiger partial charge in [-0.15, -0.1) is 0 Å². The molecule has 2 aromatic rings. The van der Waals surface area contributed by atoms with Gasteiger partial charge in [-0.05, 0) is 29.2 Å². The quantitative estimate of drug-likeness (QED) is 0.851. The summed E-state index contributed by atoms with van der Waals surface area (Å²) in [6, 6.07) is 14.3. The lowest BCUT2D eigenvalue weighted by Gasteiger charge is -2.25. The zero-order valence-electron chi connectivity index (χ0n) is 13.1. The Kier molecular flexibility index (Phi) is 4.97. The lowest BCUT2D eigenvalue weighted by Crippen LogP contribution is -2.43. The number of ether oxygens (including phenoxy) is 1. The number of esters is 1. The maximum Gasteiger partial charge on any atom is 0.323 e. The van der Waals surface area contributed by atoms with Crippen LogP contribution in [0.1, 0.15) is 32.4 Å². The molecule has 0 aromatic heterocycles. The van der Waals surface area contributed by atoms with Crippen LogP contribution in [0.25, 0.3) is 10.8 Å². The molecule has 0 amide bonds. The van der Waals surface area contributed by atoms with Gasteiger partial charge >= 0.3 is 5.97 Å². The van der Waals surface area contributed by atoms with Crippen molar-refractivity contribution in [1.82, 2.24) is 5.32 Å². The second-order valence-corrected chi connectivity index (χ2v) is 5.70. The van der Waals surface area contributed by atoms with Crippen LogP contribution >= 0.6 is 0 Å². The smallest absolute Gasteiger partial charge is 0.323 e. The number of methoxy groups -OCH3 is 1. The highest BCUT2D eigenvalue weighted by molar-refractivity contribution is 5.86. The molecule has 0 radical (unpaired) electrons. The summed E-state index contributed by atoms with van der Waals surface area (Å²) in [4.78, 5) is 11.9. The van der Waals surface area contributed by atoms with E-state index in [0.717, 1.165) is 0 Å². The van der Waals surface area contributed by atoms with Gasteiger partial charge in [-0.1, -0.05) is 56.3 Å². The number of rotatable bonds is 5. The van der Waals surface area contributed by atoms with E-state index in [1.54, 1.807) is 0 Å². The van der Waals surface area contributed by atoms with E-state index < -0.39 is 0 Å². The summed E-state index contributed by atoms with van der Waals surface area (Å²) >= 11 is 0. The fourth-order valence-electron chi connectivity index (χ4n) is 2.65. The molecule has 3 heteroatoms. The fourth-order valence-corrected chi connectivity index (χ4v) is 2.65. The van der Waals surface area contributed by atoms with Crippen molar-refractivity contribution in [2.45, 2.75) is 32.9 Å². The van der Waals surface area contributed by atoms with E-state index in [1.165, 1.54) is 23.4 Å². The van der Waals surface area contributed by atoms with Crippen LogP contribution in [0.3, 0.4) is 0 Å². The number of carbonyl (C=O) groups is 1. The van der Waals surface area contributed by atoms with Crippen molar-refractivity contribution in [3.05, 3.63) is 48.0 Å². The number of nitrogens with one attached hydrogen (secondary N) is 1. The summed E-state index contributed by atoms with van der Waals surface area (Å²) in [5, 5.41) is 5.83. The molecule has 0 fully saturated rings. The molecule has 0 aliphatic carbocycles. The van der Waals surface area contributed by atoms with Gasteiger partial charge in [0.05, 0.1) is 7.11 Å². The molecule has 112 valence electrons. The summed E-state index contributed by atoms with van der Waals surface area (Å²) in [6.45, 7) is 6.12. The van der Waals surface area contributed by atoms with Gasteiger partial charge in [-0.25, -0.2) is 0 Å². The third-order valence-corrected chi connectivity index (χ3v) is 3.84. The molecule has 0 heterocycles. The first kappa shape index (κ1) is 15.5. The molecular formula is C18H23NO2. The molecule has 2 unspecified atom stereocenters. The van der Waals surface area contributed by atoms with E-state index in [4.69, 9.17) is 4.74 Å². The predicted octanol–water partition coefficient (Wildman–Crippen LogP) is 3.69. The Morgan fingerprint density at radius 1 is 1.05 bits per heavy atom.